The first-order chi connectivity index (χ1) is 11.6. The summed E-state index contributed by atoms with van der Waals surface area (Å²) in [5.41, 5.74) is 1.18. The van der Waals surface area contributed by atoms with Crippen molar-refractivity contribution in [2.45, 2.75) is 51.6 Å². The fourth-order valence-electron chi connectivity index (χ4n) is 2.91. The van der Waals surface area contributed by atoms with Crippen molar-refractivity contribution in [1.82, 2.24) is 20.1 Å². The summed E-state index contributed by atoms with van der Waals surface area (Å²) in [5.74, 6) is 0.348. The minimum absolute atomic E-state index is 0.0233. The van der Waals surface area contributed by atoms with E-state index in [2.05, 4.69) is 39.2 Å². The summed E-state index contributed by atoms with van der Waals surface area (Å²) in [7, 11) is 0. The van der Waals surface area contributed by atoms with E-state index in [0.29, 0.717) is 11.0 Å². The smallest absolute Gasteiger partial charge is 0.243 e. The van der Waals surface area contributed by atoms with Gasteiger partial charge in [-0.2, -0.15) is 0 Å². The Hall–Kier alpha value is -1.86. The summed E-state index contributed by atoms with van der Waals surface area (Å²) in [5, 5.41) is 12.7. The van der Waals surface area contributed by atoms with Crippen LogP contribution in [0.5, 0.6) is 0 Å². The van der Waals surface area contributed by atoms with Crippen LogP contribution in [0.3, 0.4) is 0 Å². The Balaban J connectivity index is 1.66. The first-order valence-corrected chi connectivity index (χ1v) is 9.22. The molecule has 7 heteroatoms. The highest BCUT2D eigenvalue weighted by Gasteiger charge is 2.29. The van der Waals surface area contributed by atoms with E-state index in [0.717, 1.165) is 37.4 Å². The lowest BCUT2D eigenvalue weighted by Crippen LogP contribution is -2.46. The fraction of sp³-hybridized carbons (Fsp3) is 0.529. The zero-order chi connectivity index (χ0) is 16.9. The second-order valence-corrected chi connectivity index (χ2v) is 7.44. The number of nitrogens with zero attached hydrogens (tertiary/aromatic N) is 4. The van der Waals surface area contributed by atoms with Crippen molar-refractivity contribution < 1.29 is 4.79 Å². The molecule has 0 radical (unpaired) electrons. The average molecular weight is 345 g/mol. The van der Waals surface area contributed by atoms with Crippen LogP contribution in [-0.4, -0.2) is 38.6 Å². The number of rotatable bonds is 5. The van der Waals surface area contributed by atoms with E-state index in [1.54, 1.807) is 12.4 Å². The van der Waals surface area contributed by atoms with Gasteiger partial charge in [-0.15, -0.1) is 10.2 Å². The van der Waals surface area contributed by atoms with Crippen molar-refractivity contribution in [3.8, 4) is 0 Å². The number of carbonyl (C=O) groups is 1. The number of pyridine rings is 1. The van der Waals surface area contributed by atoms with Crippen molar-refractivity contribution in [2.75, 3.05) is 11.9 Å². The van der Waals surface area contributed by atoms with Crippen molar-refractivity contribution >= 4 is 22.4 Å². The maximum absolute atomic E-state index is 12.7. The first-order valence-electron chi connectivity index (χ1n) is 8.40. The monoisotopic (exact) mass is 345 g/mol. The first kappa shape index (κ1) is 17.0. The third-order valence-electron chi connectivity index (χ3n) is 4.22. The third-order valence-corrected chi connectivity index (χ3v) is 5.36. The molecule has 24 heavy (non-hydrogen) atoms. The van der Waals surface area contributed by atoms with Gasteiger partial charge in [0.1, 0.15) is 5.01 Å². The molecule has 1 atom stereocenters. The summed E-state index contributed by atoms with van der Waals surface area (Å²) in [4.78, 5) is 19.0. The van der Waals surface area contributed by atoms with Gasteiger partial charge in [-0.1, -0.05) is 31.6 Å². The molecule has 1 saturated heterocycles. The Labute approximate surface area is 146 Å². The van der Waals surface area contributed by atoms with Crippen molar-refractivity contribution in [2.24, 2.45) is 0 Å². The van der Waals surface area contributed by atoms with Crippen molar-refractivity contribution in [3.05, 3.63) is 35.1 Å². The quantitative estimate of drug-likeness (QED) is 0.902. The van der Waals surface area contributed by atoms with Gasteiger partial charge in [0.25, 0.3) is 0 Å². The van der Waals surface area contributed by atoms with Crippen molar-refractivity contribution in [3.63, 3.8) is 0 Å². The van der Waals surface area contributed by atoms with Gasteiger partial charge < -0.3 is 0 Å². The molecule has 0 aliphatic carbocycles. The molecular formula is C17H23N5OS. The number of aromatic nitrogens is 3. The van der Waals surface area contributed by atoms with Gasteiger partial charge in [0, 0.05) is 24.9 Å². The van der Waals surface area contributed by atoms with E-state index in [-0.39, 0.29) is 11.9 Å². The summed E-state index contributed by atoms with van der Waals surface area (Å²) in [6, 6.07) is 3.89. The van der Waals surface area contributed by atoms with E-state index >= 15 is 0 Å². The Kier molecular flexibility index (Phi) is 5.52. The summed E-state index contributed by atoms with van der Waals surface area (Å²) < 4.78 is 0. The summed E-state index contributed by atoms with van der Waals surface area (Å²) in [6.45, 7) is 5.86. The Morgan fingerprint density at radius 1 is 1.33 bits per heavy atom. The molecule has 0 spiro atoms. The van der Waals surface area contributed by atoms with Gasteiger partial charge in [-0.05, 0) is 37.1 Å². The highest BCUT2D eigenvalue weighted by Crippen LogP contribution is 2.25. The maximum Gasteiger partial charge on any atom is 0.243 e. The summed E-state index contributed by atoms with van der Waals surface area (Å²) in [6.07, 6.45) is 6.68. The number of carbonyl (C=O) groups excluding carboxylic acids is 1. The molecule has 128 valence electrons. The number of hydrogen-bond acceptors (Lipinski definition) is 6. The molecule has 2 aromatic heterocycles. The van der Waals surface area contributed by atoms with Crippen LogP contribution in [-0.2, 0) is 11.3 Å². The topological polar surface area (TPSA) is 71.0 Å². The summed E-state index contributed by atoms with van der Waals surface area (Å²) >= 11 is 1.46. The Morgan fingerprint density at radius 3 is 2.83 bits per heavy atom. The van der Waals surface area contributed by atoms with Gasteiger partial charge in [0.2, 0.25) is 11.0 Å². The molecule has 1 unspecified atom stereocenters. The number of hydrogen-bond donors (Lipinski definition) is 1. The zero-order valence-electron chi connectivity index (χ0n) is 14.1. The molecule has 1 fully saturated rings. The minimum atomic E-state index is -0.113. The normalized spacial score (nSPS) is 18.7. The molecule has 0 aromatic carbocycles. The molecule has 1 N–H and O–H groups in total. The molecule has 3 rings (SSSR count). The van der Waals surface area contributed by atoms with Gasteiger partial charge in [-0.25, -0.2) is 0 Å². The molecule has 0 saturated carbocycles. The lowest BCUT2D eigenvalue weighted by Gasteiger charge is -2.34. The van der Waals surface area contributed by atoms with Gasteiger partial charge in [0.15, 0.2) is 0 Å². The predicted molar refractivity (Wildman–Crippen MR) is 94.9 cm³/mol. The second kappa shape index (κ2) is 7.81. The molecule has 1 aliphatic heterocycles. The van der Waals surface area contributed by atoms with E-state index in [4.69, 9.17) is 0 Å². The SMILES string of the molecule is CC(C)c1nnc(NC(=O)C2CCCCN2Cc2ccncc2)s1. The molecule has 3 heterocycles. The van der Waals surface area contributed by atoms with E-state index in [1.807, 2.05) is 12.1 Å². The largest absolute Gasteiger partial charge is 0.299 e. The van der Waals surface area contributed by atoms with Gasteiger partial charge in [-0.3, -0.25) is 20.0 Å². The van der Waals surface area contributed by atoms with Crippen LogP contribution >= 0.6 is 11.3 Å². The zero-order valence-corrected chi connectivity index (χ0v) is 14.9. The van der Waals surface area contributed by atoms with Gasteiger partial charge in [0.05, 0.1) is 6.04 Å². The molecular weight excluding hydrogens is 322 g/mol. The van der Waals surface area contributed by atoms with Crippen LogP contribution < -0.4 is 5.32 Å². The molecule has 6 nitrogen and oxygen atoms in total. The van der Waals surface area contributed by atoms with Crippen LogP contribution in [0.4, 0.5) is 5.13 Å². The van der Waals surface area contributed by atoms with E-state index in [9.17, 15) is 4.79 Å². The average Bonchev–Trinajstić information content (AvgIpc) is 3.05. The lowest BCUT2D eigenvalue weighted by molar-refractivity contribution is -0.122. The number of nitrogens with one attached hydrogen (secondary N) is 1. The standard InChI is InChI=1S/C17H23N5OS/c1-12(2)16-20-21-17(24-16)19-15(23)14-5-3-4-10-22(14)11-13-6-8-18-9-7-13/h6-9,12,14H,3-5,10-11H2,1-2H3,(H,19,21,23). The third kappa shape index (κ3) is 4.15. The van der Waals surface area contributed by atoms with Crippen molar-refractivity contribution in [1.29, 1.82) is 0 Å². The Bertz CT molecular complexity index is 673. The highest BCUT2D eigenvalue weighted by atomic mass is 32.1. The molecule has 2 aromatic rings. The van der Waals surface area contributed by atoms with E-state index in [1.165, 1.54) is 16.9 Å². The number of likely N-dealkylation sites (tertiary alicyclic amines) is 1. The molecule has 1 amide bonds. The fourth-order valence-corrected chi connectivity index (χ4v) is 3.66. The number of piperidine rings is 1. The van der Waals surface area contributed by atoms with Crippen LogP contribution in [0.1, 0.15) is 49.6 Å². The second-order valence-electron chi connectivity index (χ2n) is 6.43. The molecule has 1 aliphatic rings. The highest BCUT2D eigenvalue weighted by molar-refractivity contribution is 7.15. The maximum atomic E-state index is 12.7. The van der Waals surface area contributed by atoms with Crippen LogP contribution in [0.25, 0.3) is 0 Å². The van der Waals surface area contributed by atoms with Gasteiger partial charge >= 0.3 is 0 Å². The Morgan fingerprint density at radius 2 is 2.12 bits per heavy atom. The minimum Gasteiger partial charge on any atom is -0.299 e. The van der Waals surface area contributed by atoms with Crippen LogP contribution in [0.2, 0.25) is 0 Å². The number of amides is 1. The lowest BCUT2D eigenvalue weighted by atomic mass is 10.0. The van der Waals surface area contributed by atoms with E-state index < -0.39 is 0 Å². The predicted octanol–water partition coefficient (Wildman–Crippen LogP) is 3.05. The van der Waals surface area contributed by atoms with Crippen LogP contribution in [0.15, 0.2) is 24.5 Å². The molecule has 0 bridgehead atoms. The number of anilines is 1. The van der Waals surface area contributed by atoms with Crippen LogP contribution in [0, 0.1) is 0 Å².